The van der Waals surface area contributed by atoms with Gasteiger partial charge in [-0.1, -0.05) is 30.0 Å². The molecule has 1 nitrogen and oxygen atoms in total. The van der Waals surface area contributed by atoms with Crippen LogP contribution in [0.3, 0.4) is 0 Å². The van der Waals surface area contributed by atoms with Crippen molar-refractivity contribution < 1.29 is 4.74 Å². The number of hydrogen-bond acceptors (Lipinski definition) is 1. The lowest BCUT2D eigenvalue weighted by Crippen LogP contribution is -1.96. The fraction of sp³-hybridized carbons (Fsp3) is 0.333. The average Bonchev–Trinajstić information content (AvgIpc) is 2.12. The van der Waals surface area contributed by atoms with Crippen LogP contribution >= 0.6 is 23.2 Å². The van der Waals surface area contributed by atoms with Crippen LogP contribution in [-0.2, 0) is 6.32 Å². The summed E-state index contributed by atoms with van der Waals surface area (Å²) in [4.78, 5) is 0. The predicted molar refractivity (Wildman–Crippen MR) is 59.7 cm³/mol. The van der Waals surface area contributed by atoms with Gasteiger partial charge in [-0.15, -0.1) is 0 Å². The molecular weight excluding hydrogens is 206 g/mol. The second kappa shape index (κ2) is 4.78. The Morgan fingerprint density at radius 2 is 2.08 bits per heavy atom. The molecule has 0 saturated heterocycles. The summed E-state index contributed by atoms with van der Waals surface area (Å²) in [5.74, 6) is 0.689. The fourth-order valence-electron chi connectivity index (χ4n) is 1.21. The van der Waals surface area contributed by atoms with E-state index in [1.165, 1.54) is 0 Å². The Labute approximate surface area is 89.2 Å². The van der Waals surface area contributed by atoms with Gasteiger partial charge < -0.3 is 4.74 Å². The van der Waals surface area contributed by atoms with Crippen molar-refractivity contribution in [3.63, 3.8) is 0 Å². The maximum Gasteiger partial charge on any atom is 0.137 e. The topological polar surface area (TPSA) is 9.23 Å². The van der Waals surface area contributed by atoms with Crippen LogP contribution in [0, 0.1) is 0 Å². The van der Waals surface area contributed by atoms with Crippen molar-refractivity contribution in [2.75, 3.05) is 7.11 Å². The van der Waals surface area contributed by atoms with E-state index in [2.05, 4.69) is 6.82 Å². The lowest BCUT2D eigenvalue weighted by atomic mass is 9.75. The summed E-state index contributed by atoms with van der Waals surface area (Å²) in [6.07, 6.45) is 0.884. The molecule has 0 aliphatic rings. The Balaban J connectivity index is 3.13. The number of hydrogen-bond donors (Lipinski definition) is 0. The van der Waals surface area contributed by atoms with Crippen LogP contribution in [0.25, 0.3) is 0 Å². The first kappa shape index (κ1) is 10.7. The molecule has 0 heterocycles. The fourth-order valence-corrected chi connectivity index (χ4v) is 1.85. The molecule has 0 aromatic heterocycles. The summed E-state index contributed by atoms with van der Waals surface area (Å²) in [6, 6.07) is 3.60. The van der Waals surface area contributed by atoms with E-state index in [-0.39, 0.29) is 0 Å². The third kappa shape index (κ3) is 2.32. The molecule has 4 heteroatoms. The highest BCUT2D eigenvalue weighted by Crippen LogP contribution is 2.33. The van der Waals surface area contributed by atoms with Crippen LogP contribution in [0.15, 0.2) is 12.1 Å². The minimum Gasteiger partial charge on any atom is -0.495 e. The molecule has 1 rings (SSSR count). The molecule has 0 saturated carbocycles. The van der Waals surface area contributed by atoms with E-state index in [1.807, 2.05) is 6.07 Å². The van der Waals surface area contributed by atoms with Crippen molar-refractivity contribution in [3.05, 3.63) is 27.7 Å². The highest BCUT2D eigenvalue weighted by atomic mass is 35.5. The highest BCUT2D eigenvalue weighted by molar-refractivity contribution is 6.40. The lowest BCUT2D eigenvalue weighted by molar-refractivity contribution is 0.414. The molecule has 0 aliphatic heterocycles. The monoisotopic (exact) mass is 216 g/mol. The van der Waals surface area contributed by atoms with Gasteiger partial charge in [-0.3, -0.25) is 0 Å². The van der Waals surface area contributed by atoms with Gasteiger partial charge >= 0.3 is 0 Å². The number of halogens is 2. The molecular formula is C9H11BCl2O. The van der Waals surface area contributed by atoms with Crippen LogP contribution in [0.1, 0.15) is 5.56 Å². The van der Waals surface area contributed by atoms with Gasteiger partial charge in [-0.05, 0) is 24.0 Å². The number of benzene rings is 1. The van der Waals surface area contributed by atoms with E-state index >= 15 is 0 Å². The molecule has 0 aliphatic carbocycles. The lowest BCUT2D eigenvalue weighted by Gasteiger charge is -2.09. The first-order chi connectivity index (χ1) is 6.20. The quantitative estimate of drug-likeness (QED) is 0.707. The minimum atomic E-state index is 0.636. The molecule has 0 unspecified atom stereocenters. The molecule has 13 heavy (non-hydrogen) atoms. The zero-order valence-electron chi connectivity index (χ0n) is 7.73. The highest BCUT2D eigenvalue weighted by Gasteiger charge is 2.09. The second-order valence-corrected chi connectivity index (χ2v) is 3.58. The summed E-state index contributed by atoms with van der Waals surface area (Å²) in [6.45, 7) is 2.09. The molecule has 0 spiro atoms. The molecule has 0 amide bonds. The summed E-state index contributed by atoms with van der Waals surface area (Å²) in [5, 5.41) is 1.35. The van der Waals surface area contributed by atoms with Gasteiger partial charge in [0.15, 0.2) is 0 Å². The number of methoxy groups -OCH3 is 1. The average molecular weight is 217 g/mol. The minimum absolute atomic E-state index is 0.636. The van der Waals surface area contributed by atoms with Gasteiger partial charge in [0.1, 0.15) is 13.0 Å². The molecule has 0 N–H and O–H groups in total. The van der Waals surface area contributed by atoms with Gasteiger partial charge in [0.2, 0.25) is 0 Å². The normalized spacial score (nSPS) is 9.85. The molecule has 0 bridgehead atoms. The van der Waals surface area contributed by atoms with Crippen molar-refractivity contribution >= 4 is 30.5 Å². The van der Waals surface area contributed by atoms with E-state index in [9.17, 15) is 0 Å². The maximum atomic E-state index is 6.08. The summed E-state index contributed by atoms with van der Waals surface area (Å²) >= 11 is 12.1. The van der Waals surface area contributed by atoms with E-state index in [1.54, 1.807) is 13.2 Å². The largest absolute Gasteiger partial charge is 0.495 e. The number of rotatable bonds is 3. The Bertz CT molecular complexity index is 302. The van der Waals surface area contributed by atoms with E-state index in [0.29, 0.717) is 15.8 Å². The van der Waals surface area contributed by atoms with Gasteiger partial charge in [-0.25, -0.2) is 0 Å². The summed E-state index contributed by atoms with van der Waals surface area (Å²) < 4.78 is 5.10. The van der Waals surface area contributed by atoms with Crippen molar-refractivity contribution in [3.8, 4) is 5.75 Å². The Morgan fingerprint density at radius 3 is 2.62 bits per heavy atom. The summed E-state index contributed by atoms with van der Waals surface area (Å²) in [7, 11) is 2.62. The second-order valence-electron chi connectivity index (χ2n) is 2.79. The Morgan fingerprint density at radius 1 is 1.38 bits per heavy atom. The molecule has 0 atom stereocenters. The van der Waals surface area contributed by atoms with E-state index in [4.69, 9.17) is 27.9 Å². The maximum absolute atomic E-state index is 6.08. The van der Waals surface area contributed by atoms with Gasteiger partial charge in [0.05, 0.1) is 12.1 Å². The summed E-state index contributed by atoms with van der Waals surface area (Å²) in [5.41, 5.74) is 0.977. The predicted octanol–water partition coefficient (Wildman–Crippen LogP) is 2.99. The third-order valence-electron chi connectivity index (χ3n) is 1.87. The smallest absolute Gasteiger partial charge is 0.137 e. The molecule has 1 aromatic carbocycles. The van der Waals surface area contributed by atoms with Crippen molar-refractivity contribution in [2.24, 2.45) is 0 Å². The molecule has 1 aromatic rings. The number of ether oxygens (including phenoxy) is 1. The van der Waals surface area contributed by atoms with Gasteiger partial charge in [0, 0.05) is 5.02 Å². The van der Waals surface area contributed by atoms with Gasteiger partial charge in [-0.2, -0.15) is 0 Å². The van der Waals surface area contributed by atoms with Crippen LogP contribution in [-0.4, -0.2) is 14.4 Å². The van der Waals surface area contributed by atoms with E-state index in [0.717, 1.165) is 19.2 Å². The Kier molecular flexibility index (Phi) is 3.95. The zero-order valence-corrected chi connectivity index (χ0v) is 9.24. The van der Waals surface area contributed by atoms with Crippen LogP contribution in [0.4, 0.5) is 0 Å². The van der Waals surface area contributed by atoms with E-state index < -0.39 is 0 Å². The first-order valence-corrected chi connectivity index (χ1v) is 4.97. The third-order valence-corrected chi connectivity index (χ3v) is 2.64. The van der Waals surface area contributed by atoms with Crippen LogP contribution in [0.5, 0.6) is 5.75 Å². The van der Waals surface area contributed by atoms with Crippen molar-refractivity contribution in [2.45, 2.75) is 13.1 Å². The van der Waals surface area contributed by atoms with Crippen molar-refractivity contribution in [1.82, 2.24) is 0 Å². The van der Waals surface area contributed by atoms with Crippen LogP contribution < -0.4 is 4.74 Å². The standard InChI is InChI=1S/C9H11BCl2O/c1-10-5-6-7(11)3-4-8(13-2)9(6)12/h3-4,10H,5H2,1-2H3. The first-order valence-electron chi connectivity index (χ1n) is 4.21. The Hall–Kier alpha value is -0.335. The zero-order chi connectivity index (χ0) is 9.84. The molecule has 0 radical (unpaired) electrons. The molecule has 0 fully saturated rings. The van der Waals surface area contributed by atoms with Crippen LogP contribution in [0.2, 0.25) is 16.9 Å². The SMILES string of the molecule is CBCc1c(Cl)ccc(OC)c1Cl. The van der Waals surface area contributed by atoms with Gasteiger partial charge in [0.25, 0.3) is 0 Å². The molecule has 70 valence electrons. The van der Waals surface area contributed by atoms with Crippen molar-refractivity contribution in [1.29, 1.82) is 0 Å².